The van der Waals surface area contributed by atoms with Crippen LogP contribution in [0.25, 0.3) is 0 Å². The maximum absolute atomic E-state index is 12.2. The van der Waals surface area contributed by atoms with E-state index in [0.29, 0.717) is 5.69 Å². The number of nitrogens with one attached hydrogen (secondary N) is 3. The fourth-order valence-electron chi connectivity index (χ4n) is 3.07. The molecule has 1 aromatic heterocycles. The van der Waals surface area contributed by atoms with Crippen molar-refractivity contribution in [2.75, 3.05) is 18.4 Å². The van der Waals surface area contributed by atoms with Crippen molar-refractivity contribution in [3.05, 3.63) is 53.5 Å². The second-order valence-electron chi connectivity index (χ2n) is 6.90. The molecule has 0 fully saturated rings. The van der Waals surface area contributed by atoms with Crippen LogP contribution in [-0.4, -0.2) is 42.9 Å². The van der Waals surface area contributed by atoms with Gasteiger partial charge in [-0.3, -0.25) is 19.2 Å². The van der Waals surface area contributed by atoms with Crippen molar-refractivity contribution < 1.29 is 28.3 Å². The molecule has 1 aromatic carbocycles. The van der Waals surface area contributed by atoms with Crippen LogP contribution in [0.2, 0.25) is 0 Å². The molecule has 3 N–H and O–H groups in total. The third-order valence-corrected chi connectivity index (χ3v) is 4.63. The van der Waals surface area contributed by atoms with Gasteiger partial charge in [0, 0.05) is 5.69 Å². The van der Waals surface area contributed by atoms with Gasteiger partial charge in [0.2, 0.25) is 5.91 Å². The Morgan fingerprint density at radius 1 is 1.07 bits per heavy atom. The molecule has 1 aliphatic rings. The largest absolute Gasteiger partial charge is 0.459 e. The van der Waals surface area contributed by atoms with Crippen LogP contribution in [0.3, 0.4) is 0 Å². The Balaban J connectivity index is 1.36. The molecule has 1 aliphatic carbocycles. The number of fused-ring (bicyclic) bond motifs is 1. The molecule has 0 aliphatic heterocycles. The number of carbonyl (C=O) groups is 4. The summed E-state index contributed by atoms with van der Waals surface area (Å²) in [7, 11) is 0. The van der Waals surface area contributed by atoms with Crippen LogP contribution in [0.15, 0.2) is 41.0 Å². The topological polar surface area (TPSA) is 127 Å². The van der Waals surface area contributed by atoms with Crippen molar-refractivity contribution >= 4 is 29.4 Å². The van der Waals surface area contributed by atoms with Gasteiger partial charge >= 0.3 is 5.97 Å². The molecule has 3 rings (SSSR count). The molecule has 0 unspecified atom stereocenters. The van der Waals surface area contributed by atoms with Crippen LogP contribution < -0.4 is 16.0 Å². The summed E-state index contributed by atoms with van der Waals surface area (Å²) >= 11 is 0. The summed E-state index contributed by atoms with van der Waals surface area (Å²) in [5.41, 5.74) is 3.17. The lowest BCUT2D eigenvalue weighted by atomic mass is 10.1. The van der Waals surface area contributed by atoms with Gasteiger partial charge in [0.1, 0.15) is 6.54 Å². The van der Waals surface area contributed by atoms with E-state index in [4.69, 9.17) is 9.15 Å². The van der Waals surface area contributed by atoms with E-state index < -0.39 is 36.3 Å². The normalized spacial score (nSPS) is 13.1. The number of carbonyl (C=O) groups excluding carboxylic acids is 4. The maximum Gasteiger partial charge on any atom is 0.326 e. The molecule has 30 heavy (non-hydrogen) atoms. The lowest BCUT2D eigenvalue weighted by molar-refractivity contribution is -0.152. The average Bonchev–Trinajstić information content (AvgIpc) is 3.41. The fourth-order valence-corrected chi connectivity index (χ4v) is 3.07. The second-order valence-corrected chi connectivity index (χ2v) is 6.90. The van der Waals surface area contributed by atoms with Gasteiger partial charge in [-0.05, 0) is 61.6 Å². The van der Waals surface area contributed by atoms with E-state index in [0.717, 1.165) is 19.3 Å². The number of ether oxygens (including phenoxy) is 1. The minimum absolute atomic E-state index is 0.0745. The summed E-state index contributed by atoms with van der Waals surface area (Å²) in [5.74, 6) is -2.28. The van der Waals surface area contributed by atoms with E-state index in [1.165, 1.54) is 30.4 Å². The first kappa shape index (κ1) is 21.1. The molecular formula is C21H23N3O6. The lowest BCUT2D eigenvalue weighted by Crippen LogP contribution is -2.40. The number of hydrogen-bond donors (Lipinski definition) is 3. The highest BCUT2D eigenvalue weighted by Crippen LogP contribution is 2.25. The second kappa shape index (κ2) is 9.73. The Morgan fingerprint density at radius 3 is 2.63 bits per heavy atom. The van der Waals surface area contributed by atoms with Crippen molar-refractivity contribution in [1.29, 1.82) is 0 Å². The third kappa shape index (κ3) is 5.69. The highest BCUT2D eigenvalue weighted by Gasteiger charge is 2.19. The van der Waals surface area contributed by atoms with E-state index in [1.807, 2.05) is 18.2 Å². The molecule has 0 spiro atoms. The third-order valence-electron chi connectivity index (χ3n) is 4.63. The van der Waals surface area contributed by atoms with Crippen molar-refractivity contribution in [3.8, 4) is 0 Å². The summed E-state index contributed by atoms with van der Waals surface area (Å²) in [5, 5.41) is 7.39. The van der Waals surface area contributed by atoms with Gasteiger partial charge in [-0.1, -0.05) is 6.07 Å². The van der Waals surface area contributed by atoms with Gasteiger partial charge < -0.3 is 25.1 Å². The highest BCUT2D eigenvalue weighted by atomic mass is 16.5. The van der Waals surface area contributed by atoms with E-state index in [-0.39, 0.29) is 12.3 Å². The molecule has 158 valence electrons. The van der Waals surface area contributed by atoms with Crippen molar-refractivity contribution in [1.82, 2.24) is 10.6 Å². The van der Waals surface area contributed by atoms with Gasteiger partial charge in [-0.2, -0.15) is 0 Å². The first-order chi connectivity index (χ1) is 14.4. The molecule has 0 saturated carbocycles. The molecule has 0 saturated heterocycles. The smallest absolute Gasteiger partial charge is 0.326 e. The number of hydrogen-bond acceptors (Lipinski definition) is 6. The van der Waals surface area contributed by atoms with E-state index in [9.17, 15) is 19.2 Å². The van der Waals surface area contributed by atoms with Gasteiger partial charge in [0.25, 0.3) is 11.8 Å². The predicted octanol–water partition coefficient (Wildman–Crippen LogP) is 1.18. The molecule has 0 bridgehead atoms. The van der Waals surface area contributed by atoms with Crippen molar-refractivity contribution in [3.63, 3.8) is 0 Å². The first-order valence-electron chi connectivity index (χ1n) is 9.63. The molecule has 9 nitrogen and oxygen atoms in total. The first-order valence-corrected chi connectivity index (χ1v) is 9.63. The molecular weight excluding hydrogens is 390 g/mol. The van der Waals surface area contributed by atoms with Gasteiger partial charge in [-0.15, -0.1) is 0 Å². The number of anilines is 1. The monoisotopic (exact) mass is 413 g/mol. The average molecular weight is 413 g/mol. The van der Waals surface area contributed by atoms with E-state index in [1.54, 1.807) is 6.07 Å². The van der Waals surface area contributed by atoms with Crippen LogP contribution in [0.4, 0.5) is 5.69 Å². The Morgan fingerprint density at radius 2 is 1.87 bits per heavy atom. The van der Waals surface area contributed by atoms with Crippen molar-refractivity contribution in [2.45, 2.75) is 32.3 Å². The number of amides is 3. The quantitative estimate of drug-likeness (QED) is 0.558. The van der Waals surface area contributed by atoms with Crippen LogP contribution in [-0.2, 0) is 32.0 Å². The van der Waals surface area contributed by atoms with Gasteiger partial charge in [0.15, 0.2) is 11.9 Å². The Kier molecular flexibility index (Phi) is 6.84. The van der Waals surface area contributed by atoms with E-state index in [2.05, 4.69) is 16.0 Å². The standard InChI is InChI=1S/C21H23N3O6/c1-13(20(27)24-16-8-7-14-4-2-5-15(14)10-16)30-19(26)12-22-18(25)11-23-21(28)17-6-3-9-29-17/h3,6-10,13H,2,4-5,11-12H2,1H3,(H,22,25)(H,23,28)(H,24,27)/t13-/m1/s1. The molecule has 0 radical (unpaired) electrons. The molecule has 9 heteroatoms. The van der Waals surface area contributed by atoms with E-state index >= 15 is 0 Å². The summed E-state index contributed by atoms with van der Waals surface area (Å²) in [4.78, 5) is 47.5. The fraction of sp³-hybridized carbons (Fsp3) is 0.333. The number of esters is 1. The SMILES string of the molecule is C[C@@H](OC(=O)CNC(=O)CNC(=O)c1ccco1)C(=O)Nc1ccc2c(c1)CCC2. The summed E-state index contributed by atoms with van der Waals surface area (Å²) in [6, 6.07) is 8.77. The summed E-state index contributed by atoms with van der Waals surface area (Å²) in [6.07, 6.45) is 3.47. The maximum atomic E-state index is 12.2. The summed E-state index contributed by atoms with van der Waals surface area (Å²) < 4.78 is 9.94. The van der Waals surface area contributed by atoms with Crippen molar-refractivity contribution in [2.24, 2.45) is 0 Å². The minimum atomic E-state index is -1.03. The van der Waals surface area contributed by atoms with Crippen LogP contribution in [0, 0.1) is 0 Å². The van der Waals surface area contributed by atoms with Gasteiger partial charge in [-0.25, -0.2) is 0 Å². The minimum Gasteiger partial charge on any atom is -0.459 e. The van der Waals surface area contributed by atoms with Gasteiger partial charge in [0.05, 0.1) is 12.8 Å². The molecule has 3 amide bonds. The zero-order valence-electron chi connectivity index (χ0n) is 16.5. The number of aryl methyl sites for hydroxylation is 2. The zero-order chi connectivity index (χ0) is 21.5. The lowest BCUT2D eigenvalue weighted by Gasteiger charge is -2.14. The molecule has 1 heterocycles. The molecule has 1 atom stereocenters. The molecule has 2 aromatic rings. The van der Waals surface area contributed by atoms with Crippen LogP contribution in [0.1, 0.15) is 35.0 Å². The Bertz CT molecular complexity index is 938. The van der Waals surface area contributed by atoms with Crippen LogP contribution in [0.5, 0.6) is 0 Å². The summed E-state index contributed by atoms with van der Waals surface area (Å²) in [6.45, 7) is 0.694. The van der Waals surface area contributed by atoms with Crippen LogP contribution >= 0.6 is 0 Å². The predicted molar refractivity (Wildman–Crippen MR) is 107 cm³/mol. The zero-order valence-corrected chi connectivity index (χ0v) is 16.5. The Hall–Kier alpha value is -3.62. The number of benzene rings is 1. The Labute approximate surface area is 173 Å². The highest BCUT2D eigenvalue weighted by molar-refractivity contribution is 5.96. The number of furan rings is 1. The number of rotatable bonds is 8.